The van der Waals surface area contributed by atoms with Crippen LogP contribution in [0.15, 0.2) is 24.3 Å². The third-order valence-corrected chi connectivity index (χ3v) is 8.13. The van der Waals surface area contributed by atoms with Crippen LogP contribution in [0.5, 0.6) is 0 Å². The summed E-state index contributed by atoms with van der Waals surface area (Å²) in [5, 5.41) is 5.33. The second-order valence-electron chi connectivity index (χ2n) is 7.38. The first kappa shape index (κ1) is 26.1. The molecule has 174 valence electrons. The first-order chi connectivity index (χ1) is 14.8. The van der Waals surface area contributed by atoms with Gasteiger partial charge in [0, 0.05) is 43.5 Å². The van der Waals surface area contributed by atoms with Crippen molar-refractivity contribution in [3.05, 3.63) is 29.8 Å². The van der Waals surface area contributed by atoms with Gasteiger partial charge in [-0.3, -0.25) is 19.5 Å². The van der Waals surface area contributed by atoms with Crippen LogP contribution in [0.1, 0.15) is 38.2 Å². The summed E-state index contributed by atoms with van der Waals surface area (Å²) in [6.45, 7) is 4.27. The largest absolute Gasteiger partial charge is 0.399 e. The summed E-state index contributed by atoms with van der Waals surface area (Å²) < 4.78 is 19.2. The number of carbonyl (C=O) groups excluding carboxylic acids is 2. The fourth-order valence-corrected chi connectivity index (χ4v) is 6.29. The summed E-state index contributed by atoms with van der Waals surface area (Å²) in [6.07, 6.45) is 2.53. The van der Waals surface area contributed by atoms with Crippen molar-refractivity contribution in [2.45, 2.75) is 38.0 Å². The molecule has 2 amide bonds. The van der Waals surface area contributed by atoms with Gasteiger partial charge in [0.05, 0.1) is 12.0 Å². The minimum absolute atomic E-state index is 0.186. The maximum absolute atomic E-state index is 12.2. The number of carbonyl (C=O) groups is 2. The number of nitrogens with two attached hydrogens (primary N) is 1. The minimum Gasteiger partial charge on any atom is -0.399 e. The third kappa shape index (κ3) is 6.67. The molecule has 2 heterocycles. The van der Waals surface area contributed by atoms with E-state index < -0.39 is 13.1 Å². The molecule has 2 atom stereocenters. The molecular weight excluding hydrogens is 462 g/mol. The zero-order chi connectivity index (χ0) is 22.9. The summed E-state index contributed by atoms with van der Waals surface area (Å²) in [7, 11) is -2.84. The molecule has 0 spiro atoms. The first-order valence-electron chi connectivity index (χ1n) is 10.4. The van der Waals surface area contributed by atoms with Gasteiger partial charge in [0.1, 0.15) is 0 Å². The Hall–Kier alpha value is -1.15. The molecule has 1 aromatic carbocycles. The van der Waals surface area contributed by atoms with Gasteiger partial charge in [0.2, 0.25) is 11.8 Å². The van der Waals surface area contributed by atoms with Gasteiger partial charge in [-0.15, -0.1) is 23.2 Å². The van der Waals surface area contributed by atoms with Crippen LogP contribution < -0.4 is 16.1 Å². The third-order valence-electron chi connectivity index (χ3n) is 5.49. The van der Waals surface area contributed by atoms with E-state index >= 15 is 0 Å². The number of anilines is 1. The Kier molecular flexibility index (Phi) is 10.3. The predicted octanol–water partition coefficient (Wildman–Crippen LogP) is 3.24. The Balaban J connectivity index is 0.000000225. The predicted molar refractivity (Wildman–Crippen MR) is 124 cm³/mol. The van der Waals surface area contributed by atoms with E-state index in [-0.39, 0.29) is 11.8 Å². The molecule has 0 aliphatic carbocycles. The van der Waals surface area contributed by atoms with E-state index in [0.717, 1.165) is 18.5 Å². The zero-order valence-corrected chi connectivity index (χ0v) is 20.1. The molecule has 0 saturated carbocycles. The van der Waals surface area contributed by atoms with Crippen molar-refractivity contribution in [1.29, 1.82) is 0 Å². The van der Waals surface area contributed by atoms with E-state index in [2.05, 4.69) is 10.4 Å². The molecule has 2 saturated heterocycles. The second kappa shape index (κ2) is 12.2. The molecule has 2 fully saturated rings. The number of nitrogens with one attached hydrogen (secondary N) is 2. The summed E-state index contributed by atoms with van der Waals surface area (Å²) in [6, 6.07) is 7.31. The van der Waals surface area contributed by atoms with Crippen molar-refractivity contribution in [2.75, 3.05) is 43.7 Å². The lowest BCUT2D eigenvalue weighted by Gasteiger charge is -2.34. The average molecular weight is 493 g/mol. The lowest BCUT2D eigenvalue weighted by molar-refractivity contribution is -0.138. The van der Waals surface area contributed by atoms with Crippen LogP contribution in [0.4, 0.5) is 5.69 Å². The van der Waals surface area contributed by atoms with Crippen LogP contribution in [0.3, 0.4) is 0 Å². The summed E-state index contributed by atoms with van der Waals surface area (Å²) >= 11 is 11.2. The topological polar surface area (TPSA) is 114 Å². The number of halogens is 2. The molecule has 1 aromatic rings. The molecule has 31 heavy (non-hydrogen) atoms. The van der Waals surface area contributed by atoms with E-state index in [1.807, 2.05) is 19.1 Å². The van der Waals surface area contributed by atoms with Crippen molar-refractivity contribution in [3.63, 3.8) is 0 Å². The van der Waals surface area contributed by atoms with Crippen molar-refractivity contribution < 1.29 is 18.7 Å². The normalized spacial score (nSPS) is 26.2. The van der Waals surface area contributed by atoms with Gasteiger partial charge in [-0.05, 0) is 37.0 Å². The van der Waals surface area contributed by atoms with Crippen LogP contribution in [0.2, 0.25) is 0 Å². The molecular formula is C20H31Cl2N4O4P. The summed E-state index contributed by atoms with van der Waals surface area (Å²) in [5.74, 6) is 0.466. The van der Waals surface area contributed by atoms with Gasteiger partial charge in [0.25, 0.3) is 0 Å². The fourth-order valence-electron chi connectivity index (χ4n) is 3.65. The Morgan fingerprint density at radius 3 is 2.32 bits per heavy atom. The molecule has 2 aliphatic heterocycles. The quantitative estimate of drug-likeness (QED) is 0.231. The molecule has 2 unspecified atom stereocenters. The standard InChI is InChI=1S/C13H16N2O2.C7H15Cl2N2O2P/c1-2-13(8-7-11(16)15-12(13)17)9-3-5-10(14)6-4-9;8-2-5-11(6-3-9)14(12)10-4-1-7-13-14/h3-6H,2,7-8,14H2,1H3,(H,15,16,17);1-7H2,(H,10,12). The van der Waals surface area contributed by atoms with Gasteiger partial charge in [0.15, 0.2) is 0 Å². The first-order valence-corrected chi connectivity index (χ1v) is 13.0. The van der Waals surface area contributed by atoms with Crippen molar-refractivity contribution in [1.82, 2.24) is 15.1 Å². The number of alkyl halides is 2. The van der Waals surface area contributed by atoms with Crippen LogP contribution in [-0.4, -0.2) is 54.5 Å². The highest BCUT2D eigenvalue weighted by atomic mass is 35.5. The highest BCUT2D eigenvalue weighted by Gasteiger charge is 2.42. The molecule has 0 bridgehead atoms. The maximum atomic E-state index is 12.2. The van der Waals surface area contributed by atoms with Crippen LogP contribution in [-0.2, 0) is 24.1 Å². The number of imide groups is 1. The lowest BCUT2D eigenvalue weighted by atomic mass is 9.72. The van der Waals surface area contributed by atoms with Crippen LogP contribution in [0.25, 0.3) is 0 Å². The Labute approximate surface area is 193 Å². The van der Waals surface area contributed by atoms with E-state index in [4.69, 9.17) is 33.5 Å². The number of benzene rings is 1. The van der Waals surface area contributed by atoms with Gasteiger partial charge >= 0.3 is 7.67 Å². The number of rotatable bonds is 7. The molecule has 4 N–H and O–H groups in total. The SMILES string of the molecule is CCC1(c2ccc(N)cc2)CCC(=O)NC1=O.O=P1(N(CCCl)CCCl)NCCCO1. The van der Waals surface area contributed by atoms with E-state index in [1.54, 1.807) is 16.8 Å². The van der Waals surface area contributed by atoms with Crippen molar-refractivity contribution in [2.24, 2.45) is 0 Å². The molecule has 3 rings (SSSR count). The molecule has 2 aliphatic rings. The number of amides is 2. The van der Waals surface area contributed by atoms with Crippen molar-refractivity contribution >= 4 is 48.4 Å². The number of nitrogen functional groups attached to an aromatic ring is 1. The van der Waals surface area contributed by atoms with Gasteiger partial charge in [-0.25, -0.2) is 9.76 Å². The molecule has 0 aromatic heterocycles. The summed E-state index contributed by atoms with van der Waals surface area (Å²) in [4.78, 5) is 23.3. The fraction of sp³-hybridized carbons (Fsp3) is 0.600. The number of piperidine rings is 1. The Morgan fingerprint density at radius 1 is 1.19 bits per heavy atom. The average Bonchev–Trinajstić information content (AvgIpc) is 2.76. The van der Waals surface area contributed by atoms with Crippen LogP contribution in [0, 0.1) is 0 Å². The van der Waals surface area contributed by atoms with Crippen molar-refractivity contribution in [3.8, 4) is 0 Å². The number of hydrogen-bond donors (Lipinski definition) is 3. The monoisotopic (exact) mass is 492 g/mol. The van der Waals surface area contributed by atoms with E-state index in [9.17, 15) is 14.2 Å². The van der Waals surface area contributed by atoms with Gasteiger partial charge in [-0.2, -0.15) is 0 Å². The van der Waals surface area contributed by atoms with E-state index in [1.165, 1.54) is 0 Å². The van der Waals surface area contributed by atoms with Gasteiger partial charge < -0.3 is 10.3 Å². The zero-order valence-electron chi connectivity index (χ0n) is 17.7. The lowest BCUT2D eigenvalue weighted by Crippen LogP contribution is -2.51. The van der Waals surface area contributed by atoms with E-state index in [0.29, 0.717) is 56.4 Å². The molecule has 0 radical (unpaired) electrons. The second-order valence-corrected chi connectivity index (χ2v) is 10.3. The minimum atomic E-state index is -2.84. The Morgan fingerprint density at radius 2 is 1.84 bits per heavy atom. The smallest absolute Gasteiger partial charge is 0.343 e. The number of nitrogens with zero attached hydrogens (tertiary/aromatic N) is 1. The highest BCUT2D eigenvalue weighted by molar-refractivity contribution is 7.54. The maximum Gasteiger partial charge on any atom is 0.343 e. The summed E-state index contributed by atoms with van der Waals surface area (Å²) in [5.41, 5.74) is 6.66. The van der Waals surface area contributed by atoms with Crippen LogP contribution >= 0.6 is 30.9 Å². The van der Waals surface area contributed by atoms with Gasteiger partial charge in [-0.1, -0.05) is 19.1 Å². The molecule has 11 heteroatoms. The highest BCUT2D eigenvalue weighted by Crippen LogP contribution is 2.48. The molecule has 8 nitrogen and oxygen atoms in total. The Bertz CT molecular complexity index is 780. The number of hydrogen-bond acceptors (Lipinski definition) is 5.